The summed E-state index contributed by atoms with van der Waals surface area (Å²) in [6, 6.07) is 1.49. The fraction of sp³-hybridized carbons (Fsp3) is 0.444. The Bertz CT molecular complexity index is 417. The average Bonchev–Trinajstić information content (AvgIpc) is 1.99. The molecule has 84 valence electrons. The molecule has 1 heterocycles. The van der Waals surface area contributed by atoms with Gasteiger partial charge in [-0.15, -0.1) is 0 Å². The maximum atomic E-state index is 12.5. The molecule has 0 aliphatic rings. The van der Waals surface area contributed by atoms with E-state index in [-0.39, 0.29) is 0 Å². The molecule has 1 rings (SSSR count). The van der Waals surface area contributed by atoms with Crippen molar-refractivity contribution in [1.29, 1.82) is 0 Å². The third-order valence-electron chi connectivity index (χ3n) is 2.08. The standard InChI is InChI=1S/C9H9F3O3/c1-8(2,9(10,11)12)6-3-5(13)4-7(14)15-6/h3-4,13H,1-2H3. The summed E-state index contributed by atoms with van der Waals surface area (Å²) < 4.78 is 42.0. The van der Waals surface area contributed by atoms with E-state index in [1.165, 1.54) is 0 Å². The lowest BCUT2D eigenvalue weighted by molar-refractivity contribution is -0.185. The van der Waals surface area contributed by atoms with Gasteiger partial charge in [-0.1, -0.05) is 0 Å². The second-order valence-corrected chi connectivity index (χ2v) is 3.62. The first-order valence-corrected chi connectivity index (χ1v) is 4.06. The van der Waals surface area contributed by atoms with Gasteiger partial charge >= 0.3 is 11.8 Å². The molecule has 0 aliphatic heterocycles. The number of halogens is 3. The topological polar surface area (TPSA) is 50.4 Å². The minimum atomic E-state index is -4.56. The first kappa shape index (κ1) is 11.6. The lowest BCUT2D eigenvalue weighted by atomic mass is 9.89. The predicted octanol–water partition coefficient (Wildman–Crippen LogP) is 2.19. The summed E-state index contributed by atoms with van der Waals surface area (Å²) in [4.78, 5) is 10.8. The number of aromatic hydroxyl groups is 1. The van der Waals surface area contributed by atoms with Crippen LogP contribution in [0.4, 0.5) is 13.2 Å². The molecular weight excluding hydrogens is 213 g/mol. The van der Waals surface area contributed by atoms with E-state index in [1.54, 1.807) is 0 Å². The molecule has 0 aliphatic carbocycles. The molecule has 0 saturated carbocycles. The smallest absolute Gasteiger partial charge is 0.400 e. The average molecular weight is 222 g/mol. The molecule has 1 aromatic rings. The Hall–Kier alpha value is -1.46. The molecule has 1 N–H and O–H groups in total. The first-order valence-electron chi connectivity index (χ1n) is 4.06. The van der Waals surface area contributed by atoms with Gasteiger partial charge in [-0.2, -0.15) is 13.2 Å². The predicted molar refractivity (Wildman–Crippen MR) is 45.7 cm³/mol. The maximum Gasteiger partial charge on any atom is 0.400 e. The normalized spacial score (nSPS) is 12.9. The second kappa shape index (κ2) is 3.29. The monoisotopic (exact) mass is 222 g/mol. The van der Waals surface area contributed by atoms with Crippen molar-refractivity contribution in [1.82, 2.24) is 0 Å². The van der Waals surface area contributed by atoms with Crippen LogP contribution in [0.1, 0.15) is 19.6 Å². The zero-order valence-electron chi connectivity index (χ0n) is 8.05. The summed E-state index contributed by atoms with van der Waals surface area (Å²) in [6.07, 6.45) is -4.56. The molecule has 1 aromatic heterocycles. The number of rotatable bonds is 1. The molecule has 0 bridgehead atoms. The quantitative estimate of drug-likeness (QED) is 0.792. The van der Waals surface area contributed by atoms with E-state index in [2.05, 4.69) is 4.42 Å². The van der Waals surface area contributed by atoms with Crippen molar-refractivity contribution in [2.45, 2.75) is 25.4 Å². The van der Waals surface area contributed by atoms with E-state index in [9.17, 15) is 18.0 Å². The molecule has 0 aromatic carbocycles. The van der Waals surface area contributed by atoms with Crippen LogP contribution < -0.4 is 5.63 Å². The van der Waals surface area contributed by atoms with Gasteiger partial charge in [-0.05, 0) is 13.8 Å². The lowest BCUT2D eigenvalue weighted by Gasteiger charge is -2.25. The molecule has 0 unspecified atom stereocenters. The molecule has 15 heavy (non-hydrogen) atoms. The molecule has 0 atom stereocenters. The zero-order valence-corrected chi connectivity index (χ0v) is 8.05. The van der Waals surface area contributed by atoms with Crippen LogP contribution in [0.2, 0.25) is 0 Å². The minimum Gasteiger partial charge on any atom is -0.508 e. The van der Waals surface area contributed by atoms with Crippen molar-refractivity contribution >= 4 is 0 Å². The SMILES string of the molecule is CC(C)(c1cc(O)cc(=O)o1)C(F)(F)F. The van der Waals surface area contributed by atoms with Crippen LogP contribution in [0.25, 0.3) is 0 Å². The van der Waals surface area contributed by atoms with E-state index < -0.39 is 28.7 Å². The zero-order chi connectivity index (χ0) is 11.9. The molecule has 0 spiro atoms. The van der Waals surface area contributed by atoms with Crippen molar-refractivity contribution < 1.29 is 22.7 Å². The highest BCUT2D eigenvalue weighted by Crippen LogP contribution is 2.40. The van der Waals surface area contributed by atoms with Gasteiger partial charge in [-0.3, -0.25) is 0 Å². The van der Waals surface area contributed by atoms with Crippen molar-refractivity contribution in [3.8, 4) is 5.75 Å². The summed E-state index contributed by atoms with van der Waals surface area (Å²) in [5, 5.41) is 9.00. The minimum absolute atomic E-state index is 0.543. The van der Waals surface area contributed by atoms with E-state index in [1.807, 2.05) is 0 Å². The largest absolute Gasteiger partial charge is 0.508 e. The molecule has 6 heteroatoms. The van der Waals surface area contributed by atoms with Crippen LogP contribution in [0.3, 0.4) is 0 Å². The van der Waals surface area contributed by atoms with Crippen LogP contribution in [0.5, 0.6) is 5.75 Å². The van der Waals surface area contributed by atoms with Crippen LogP contribution in [0.15, 0.2) is 21.3 Å². The van der Waals surface area contributed by atoms with E-state index in [4.69, 9.17) is 5.11 Å². The van der Waals surface area contributed by atoms with Gasteiger partial charge in [0, 0.05) is 6.07 Å². The Labute approximate surface area is 83.1 Å². The van der Waals surface area contributed by atoms with Gasteiger partial charge < -0.3 is 9.52 Å². The Morgan fingerprint density at radius 1 is 1.27 bits per heavy atom. The van der Waals surface area contributed by atoms with Crippen LogP contribution in [-0.2, 0) is 5.41 Å². The van der Waals surface area contributed by atoms with Crippen LogP contribution >= 0.6 is 0 Å². The fourth-order valence-electron chi connectivity index (χ4n) is 0.912. The number of hydrogen-bond acceptors (Lipinski definition) is 3. The lowest BCUT2D eigenvalue weighted by Crippen LogP contribution is -2.36. The Kier molecular flexibility index (Phi) is 2.54. The summed E-state index contributed by atoms with van der Waals surface area (Å²) in [5.41, 5.74) is -3.33. The van der Waals surface area contributed by atoms with Gasteiger partial charge in [0.05, 0.1) is 6.07 Å². The van der Waals surface area contributed by atoms with Crippen LogP contribution in [0, 0.1) is 0 Å². The summed E-state index contributed by atoms with van der Waals surface area (Å²) in [5.74, 6) is -1.15. The first-order chi connectivity index (χ1) is 6.64. The summed E-state index contributed by atoms with van der Waals surface area (Å²) in [7, 11) is 0. The molecule has 0 amide bonds. The Balaban J connectivity index is 3.33. The Morgan fingerprint density at radius 2 is 1.80 bits per heavy atom. The van der Waals surface area contributed by atoms with Crippen molar-refractivity contribution in [2.75, 3.05) is 0 Å². The summed E-state index contributed by atoms with van der Waals surface area (Å²) >= 11 is 0. The highest BCUT2D eigenvalue weighted by Gasteiger charge is 2.50. The summed E-state index contributed by atoms with van der Waals surface area (Å²) in [6.45, 7) is 1.73. The van der Waals surface area contributed by atoms with Gasteiger partial charge in [0.25, 0.3) is 0 Å². The fourth-order valence-corrected chi connectivity index (χ4v) is 0.912. The highest BCUT2D eigenvalue weighted by atomic mass is 19.4. The van der Waals surface area contributed by atoms with Crippen molar-refractivity contribution in [2.24, 2.45) is 0 Å². The maximum absolute atomic E-state index is 12.5. The molecule has 0 fully saturated rings. The van der Waals surface area contributed by atoms with E-state index in [0.29, 0.717) is 6.07 Å². The molecule has 0 radical (unpaired) electrons. The molecule has 0 saturated heterocycles. The molecular formula is C9H9F3O3. The van der Waals surface area contributed by atoms with Crippen molar-refractivity contribution in [3.63, 3.8) is 0 Å². The van der Waals surface area contributed by atoms with Gasteiger partial charge in [0.15, 0.2) is 0 Å². The second-order valence-electron chi connectivity index (χ2n) is 3.62. The number of alkyl halides is 3. The third-order valence-corrected chi connectivity index (χ3v) is 2.08. The van der Waals surface area contributed by atoms with Gasteiger partial charge in [0.2, 0.25) is 0 Å². The van der Waals surface area contributed by atoms with Crippen molar-refractivity contribution in [3.05, 3.63) is 28.3 Å². The highest BCUT2D eigenvalue weighted by molar-refractivity contribution is 5.24. The third kappa shape index (κ3) is 2.14. The molecule has 3 nitrogen and oxygen atoms in total. The van der Waals surface area contributed by atoms with Gasteiger partial charge in [-0.25, -0.2) is 4.79 Å². The number of hydrogen-bond donors (Lipinski definition) is 1. The Morgan fingerprint density at radius 3 is 2.20 bits per heavy atom. The van der Waals surface area contributed by atoms with E-state index >= 15 is 0 Å². The van der Waals surface area contributed by atoms with E-state index in [0.717, 1.165) is 19.9 Å². The van der Waals surface area contributed by atoms with Crippen LogP contribution in [-0.4, -0.2) is 11.3 Å². The van der Waals surface area contributed by atoms with Gasteiger partial charge in [0.1, 0.15) is 16.9 Å².